The van der Waals surface area contributed by atoms with Gasteiger partial charge in [-0.1, -0.05) is 71.7 Å². The van der Waals surface area contributed by atoms with Gasteiger partial charge in [-0.2, -0.15) is 0 Å². The number of carbonyl (C=O) groups excluding carboxylic acids is 1. The standard InChI is InChI=1S/C30H44O5/c1-8-14-30(15-9-2,23-10-12-26(21(3)16-23)34-19-25(32)18-31)24-11-13-27(22(4)17-24)35-20-28(33)29(5,6)7/h10-13,16-17,25,31-32H,8-9,14-15,18-20H2,1-7H3/t25-/m0/s1. The molecule has 0 saturated heterocycles. The third-order valence-corrected chi connectivity index (χ3v) is 6.65. The molecule has 0 unspecified atom stereocenters. The molecule has 2 aromatic rings. The van der Waals surface area contributed by atoms with Gasteiger partial charge in [0, 0.05) is 10.8 Å². The van der Waals surface area contributed by atoms with Crippen LogP contribution in [0.5, 0.6) is 11.5 Å². The largest absolute Gasteiger partial charge is 0.491 e. The van der Waals surface area contributed by atoms with Crippen molar-refractivity contribution in [3.8, 4) is 11.5 Å². The molecule has 0 aliphatic carbocycles. The van der Waals surface area contributed by atoms with Gasteiger partial charge in [-0.3, -0.25) is 4.79 Å². The van der Waals surface area contributed by atoms with Crippen molar-refractivity contribution < 1.29 is 24.5 Å². The molecule has 2 N–H and O–H groups in total. The Hall–Kier alpha value is -2.37. The Morgan fingerprint density at radius 2 is 1.37 bits per heavy atom. The molecule has 0 aliphatic rings. The van der Waals surface area contributed by atoms with Gasteiger partial charge in [-0.15, -0.1) is 0 Å². The van der Waals surface area contributed by atoms with E-state index in [1.807, 2.05) is 46.8 Å². The first-order chi connectivity index (χ1) is 16.5. The van der Waals surface area contributed by atoms with Gasteiger partial charge < -0.3 is 19.7 Å². The summed E-state index contributed by atoms with van der Waals surface area (Å²) in [5.74, 6) is 1.54. The number of aryl methyl sites for hydroxylation is 2. The number of hydrogen-bond acceptors (Lipinski definition) is 5. The van der Waals surface area contributed by atoms with Crippen molar-refractivity contribution in [3.05, 3.63) is 58.7 Å². The van der Waals surface area contributed by atoms with E-state index in [0.717, 1.165) is 42.6 Å². The van der Waals surface area contributed by atoms with Crippen molar-refractivity contribution in [2.45, 2.75) is 85.7 Å². The number of ether oxygens (including phenoxy) is 2. The van der Waals surface area contributed by atoms with Crippen molar-refractivity contribution in [2.75, 3.05) is 19.8 Å². The summed E-state index contributed by atoms with van der Waals surface area (Å²) in [7, 11) is 0. The lowest BCUT2D eigenvalue weighted by Gasteiger charge is -2.36. The van der Waals surface area contributed by atoms with Crippen LogP contribution < -0.4 is 9.47 Å². The second-order valence-corrected chi connectivity index (χ2v) is 10.7. The van der Waals surface area contributed by atoms with Crippen LogP contribution in [0.15, 0.2) is 36.4 Å². The molecule has 0 aliphatic heterocycles. The van der Waals surface area contributed by atoms with Crippen LogP contribution in [0.3, 0.4) is 0 Å². The summed E-state index contributed by atoms with van der Waals surface area (Å²) in [6.45, 7) is 14.0. The van der Waals surface area contributed by atoms with Gasteiger partial charge >= 0.3 is 0 Å². The van der Waals surface area contributed by atoms with E-state index in [2.05, 4.69) is 38.1 Å². The summed E-state index contributed by atoms with van der Waals surface area (Å²) in [6.07, 6.45) is 3.20. The van der Waals surface area contributed by atoms with Crippen LogP contribution in [0, 0.1) is 19.3 Å². The fourth-order valence-corrected chi connectivity index (χ4v) is 4.54. The Labute approximate surface area is 211 Å². The minimum absolute atomic E-state index is 0.0596. The molecule has 5 heteroatoms. The maximum Gasteiger partial charge on any atom is 0.175 e. The first kappa shape index (κ1) is 28.9. The second kappa shape index (κ2) is 12.5. The van der Waals surface area contributed by atoms with Gasteiger partial charge in [0.25, 0.3) is 0 Å². The van der Waals surface area contributed by atoms with E-state index in [1.165, 1.54) is 11.1 Å². The Morgan fingerprint density at radius 1 is 0.886 bits per heavy atom. The number of Topliss-reactive ketones (excluding diaryl/α,β-unsaturated/α-hetero) is 1. The van der Waals surface area contributed by atoms with E-state index in [4.69, 9.17) is 14.6 Å². The minimum Gasteiger partial charge on any atom is -0.491 e. The average molecular weight is 485 g/mol. The molecule has 0 saturated carbocycles. The van der Waals surface area contributed by atoms with Crippen LogP contribution in [0.2, 0.25) is 0 Å². The molecule has 0 radical (unpaired) electrons. The molecule has 0 heterocycles. The third-order valence-electron chi connectivity index (χ3n) is 6.65. The second-order valence-electron chi connectivity index (χ2n) is 10.7. The van der Waals surface area contributed by atoms with Crippen molar-refractivity contribution in [2.24, 2.45) is 5.41 Å². The van der Waals surface area contributed by atoms with Gasteiger partial charge in [0.1, 0.15) is 30.8 Å². The average Bonchev–Trinajstić information content (AvgIpc) is 2.81. The first-order valence-corrected chi connectivity index (χ1v) is 12.8. The van der Waals surface area contributed by atoms with E-state index < -0.39 is 11.5 Å². The Kier molecular flexibility index (Phi) is 10.3. The molecule has 0 bridgehead atoms. The zero-order chi connectivity index (χ0) is 26.2. The molecule has 194 valence electrons. The fourth-order valence-electron chi connectivity index (χ4n) is 4.54. The number of aliphatic hydroxyl groups is 2. The summed E-state index contributed by atoms with van der Waals surface area (Å²) in [4.78, 5) is 12.3. The highest BCUT2D eigenvalue weighted by Crippen LogP contribution is 2.43. The summed E-state index contributed by atoms with van der Waals surface area (Å²) in [5.41, 5.74) is 3.94. The number of rotatable bonds is 13. The van der Waals surface area contributed by atoms with Crippen molar-refractivity contribution in [1.29, 1.82) is 0 Å². The Bertz CT molecular complexity index is 967. The van der Waals surface area contributed by atoms with Gasteiger partial charge in [-0.25, -0.2) is 0 Å². The van der Waals surface area contributed by atoms with Crippen LogP contribution in [-0.2, 0) is 10.2 Å². The number of benzene rings is 2. The predicted molar refractivity (Wildman–Crippen MR) is 141 cm³/mol. The summed E-state index contributed by atoms with van der Waals surface area (Å²) >= 11 is 0. The molecule has 2 aromatic carbocycles. The summed E-state index contributed by atoms with van der Waals surface area (Å²) < 4.78 is 11.6. The predicted octanol–water partition coefficient (Wildman–Crippen LogP) is 5.92. The molecule has 2 rings (SSSR count). The van der Waals surface area contributed by atoms with Gasteiger partial charge in [0.2, 0.25) is 0 Å². The van der Waals surface area contributed by atoms with Crippen molar-refractivity contribution in [1.82, 2.24) is 0 Å². The fraction of sp³-hybridized carbons (Fsp3) is 0.567. The highest BCUT2D eigenvalue weighted by atomic mass is 16.5. The zero-order valence-electron chi connectivity index (χ0n) is 22.6. The maximum atomic E-state index is 12.3. The molecule has 0 amide bonds. The molecule has 35 heavy (non-hydrogen) atoms. The SMILES string of the molecule is CCCC(CCC)(c1ccc(OCC(=O)C(C)(C)C)c(C)c1)c1ccc(OC[C@@H](O)CO)c(C)c1. The van der Waals surface area contributed by atoms with Crippen LogP contribution >= 0.6 is 0 Å². The summed E-state index contributed by atoms with van der Waals surface area (Å²) in [6, 6.07) is 12.6. The smallest absolute Gasteiger partial charge is 0.175 e. The van der Waals surface area contributed by atoms with Gasteiger partial charge in [0.05, 0.1) is 6.61 Å². The molecule has 0 fully saturated rings. The number of aliphatic hydroxyl groups excluding tert-OH is 2. The van der Waals surface area contributed by atoms with Crippen LogP contribution in [-0.4, -0.2) is 41.9 Å². The minimum atomic E-state index is -0.893. The number of ketones is 1. The highest BCUT2D eigenvalue weighted by molar-refractivity contribution is 5.85. The van der Waals surface area contributed by atoms with E-state index in [9.17, 15) is 9.90 Å². The van der Waals surface area contributed by atoms with Gasteiger partial charge in [-0.05, 0) is 61.1 Å². The quantitative estimate of drug-likeness (QED) is 0.369. The van der Waals surface area contributed by atoms with Crippen molar-refractivity contribution in [3.63, 3.8) is 0 Å². The van der Waals surface area contributed by atoms with E-state index in [-0.39, 0.29) is 31.0 Å². The molecule has 0 aromatic heterocycles. The molecule has 5 nitrogen and oxygen atoms in total. The lowest BCUT2D eigenvalue weighted by Crippen LogP contribution is -2.28. The topological polar surface area (TPSA) is 76.0 Å². The lowest BCUT2D eigenvalue weighted by atomic mass is 9.68. The number of hydrogen-bond donors (Lipinski definition) is 2. The molecule has 0 spiro atoms. The molecule has 1 atom stereocenters. The Balaban J connectivity index is 2.41. The zero-order valence-corrected chi connectivity index (χ0v) is 22.6. The lowest BCUT2D eigenvalue weighted by molar-refractivity contribution is -0.128. The monoisotopic (exact) mass is 484 g/mol. The number of carbonyl (C=O) groups is 1. The molecular weight excluding hydrogens is 440 g/mol. The Morgan fingerprint density at radius 3 is 1.77 bits per heavy atom. The van der Waals surface area contributed by atoms with Crippen LogP contribution in [0.1, 0.15) is 82.6 Å². The van der Waals surface area contributed by atoms with E-state index in [0.29, 0.717) is 5.75 Å². The maximum absolute atomic E-state index is 12.3. The third kappa shape index (κ3) is 7.31. The van der Waals surface area contributed by atoms with Gasteiger partial charge in [0.15, 0.2) is 5.78 Å². The van der Waals surface area contributed by atoms with Crippen LogP contribution in [0.4, 0.5) is 0 Å². The molecular formula is C30H44O5. The van der Waals surface area contributed by atoms with Crippen molar-refractivity contribution >= 4 is 5.78 Å². The highest BCUT2D eigenvalue weighted by Gasteiger charge is 2.33. The van der Waals surface area contributed by atoms with E-state index >= 15 is 0 Å². The summed E-state index contributed by atoms with van der Waals surface area (Å²) in [5, 5.41) is 18.7. The van der Waals surface area contributed by atoms with Crippen LogP contribution in [0.25, 0.3) is 0 Å². The normalized spacial score (nSPS) is 12.9. The first-order valence-electron chi connectivity index (χ1n) is 12.8. The van der Waals surface area contributed by atoms with E-state index in [1.54, 1.807) is 0 Å².